The van der Waals surface area contributed by atoms with Crippen LogP contribution in [0.2, 0.25) is 0 Å². The molecule has 0 aromatic carbocycles. The highest BCUT2D eigenvalue weighted by Crippen LogP contribution is 2.40. The number of nitrogens with zero attached hydrogens (tertiary/aromatic N) is 3. The number of carbonyl (C=O) groups excluding carboxylic acids is 1. The third kappa shape index (κ3) is 2.86. The van der Waals surface area contributed by atoms with Gasteiger partial charge in [-0.15, -0.1) is 10.2 Å². The fourth-order valence-electron chi connectivity index (χ4n) is 4.05. The van der Waals surface area contributed by atoms with E-state index in [-0.39, 0.29) is 12.0 Å². The zero-order valence-electron chi connectivity index (χ0n) is 14.0. The molecule has 25 heavy (non-hydrogen) atoms. The van der Waals surface area contributed by atoms with E-state index < -0.39 is 0 Å². The molecular formula is C18H21N3O4. The molecule has 0 bridgehead atoms. The predicted molar refractivity (Wildman–Crippen MR) is 85.9 cm³/mol. The second-order valence-electron chi connectivity index (χ2n) is 7.33. The molecule has 2 saturated heterocycles. The van der Waals surface area contributed by atoms with E-state index in [1.807, 2.05) is 4.90 Å². The number of hydrogen-bond acceptors (Lipinski definition) is 6. The number of hydrogen-bond donors (Lipinski definition) is 0. The molecule has 7 heteroatoms. The highest BCUT2D eigenvalue weighted by atomic mass is 16.5. The number of likely N-dealkylation sites (tertiary alicyclic amines) is 1. The van der Waals surface area contributed by atoms with Gasteiger partial charge in [0, 0.05) is 24.9 Å². The van der Waals surface area contributed by atoms with Crippen molar-refractivity contribution < 1.29 is 18.4 Å². The van der Waals surface area contributed by atoms with Crippen LogP contribution >= 0.6 is 0 Å². The summed E-state index contributed by atoms with van der Waals surface area (Å²) in [6, 6.07) is 3.46. The summed E-state index contributed by atoms with van der Waals surface area (Å²) >= 11 is 0. The Balaban J connectivity index is 1.22. The fraction of sp³-hybridized carbons (Fsp3) is 0.611. The van der Waals surface area contributed by atoms with Crippen LogP contribution in [0.3, 0.4) is 0 Å². The van der Waals surface area contributed by atoms with Crippen molar-refractivity contribution in [3.05, 3.63) is 35.9 Å². The molecule has 3 aliphatic rings. The van der Waals surface area contributed by atoms with E-state index in [1.54, 1.807) is 12.1 Å². The number of fused-ring (bicyclic) bond motifs is 1. The number of rotatable bonds is 4. The number of furan rings is 1. The summed E-state index contributed by atoms with van der Waals surface area (Å²) in [6.45, 7) is 2.14. The normalized spacial score (nSPS) is 29.0. The van der Waals surface area contributed by atoms with Gasteiger partial charge in [-0.25, -0.2) is 0 Å². The van der Waals surface area contributed by atoms with Crippen molar-refractivity contribution in [1.29, 1.82) is 0 Å². The molecule has 0 spiro atoms. The summed E-state index contributed by atoms with van der Waals surface area (Å²) in [7, 11) is 0. The van der Waals surface area contributed by atoms with Crippen molar-refractivity contribution in [3.8, 4) is 0 Å². The molecule has 2 aliphatic heterocycles. The first-order valence-corrected chi connectivity index (χ1v) is 9.04. The molecular weight excluding hydrogens is 322 g/mol. The van der Waals surface area contributed by atoms with Crippen molar-refractivity contribution in [2.45, 2.75) is 37.7 Å². The largest absolute Gasteiger partial charge is 0.459 e. The first-order valence-electron chi connectivity index (χ1n) is 9.04. The van der Waals surface area contributed by atoms with Gasteiger partial charge in [-0.2, -0.15) is 0 Å². The highest BCUT2D eigenvalue weighted by Gasteiger charge is 2.43. The Bertz CT molecular complexity index is 752. The monoisotopic (exact) mass is 343 g/mol. The molecule has 3 atom stereocenters. The van der Waals surface area contributed by atoms with E-state index in [4.69, 9.17) is 13.6 Å². The van der Waals surface area contributed by atoms with Crippen LogP contribution in [0.4, 0.5) is 0 Å². The van der Waals surface area contributed by atoms with Crippen molar-refractivity contribution >= 4 is 5.91 Å². The van der Waals surface area contributed by atoms with Gasteiger partial charge in [-0.3, -0.25) is 4.79 Å². The summed E-state index contributed by atoms with van der Waals surface area (Å²) in [5.74, 6) is 3.13. The first kappa shape index (κ1) is 15.1. The van der Waals surface area contributed by atoms with Crippen LogP contribution < -0.4 is 0 Å². The van der Waals surface area contributed by atoms with Gasteiger partial charge in [0.15, 0.2) is 5.76 Å². The molecule has 132 valence electrons. The molecule has 2 aromatic rings. The van der Waals surface area contributed by atoms with Crippen LogP contribution in [0.15, 0.2) is 27.2 Å². The molecule has 0 unspecified atom stereocenters. The predicted octanol–water partition coefficient (Wildman–Crippen LogP) is 2.26. The Morgan fingerprint density at radius 2 is 2.20 bits per heavy atom. The van der Waals surface area contributed by atoms with Crippen LogP contribution in [0.25, 0.3) is 0 Å². The molecule has 1 saturated carbocycles. The number of carbonyl (C=O) groups is 1. The van der Waals surface area contributed by atoms with E-state index in [2.05, 4.69) is 10.2 Å². The van der Waals surface area contributed by atoms with Crippen LogP contribution in [0, 0.1) is 11.8 Å². The summed E-state index contributed by atoms with van der Waals surface area (Å²) in [6.07, 6.45) is 5.57. The van der Waals surface area contributed by atoms with Gasteiger partial charge in [0.1, 0.15) is 0 Å². The zero-order valence-corrected chi connectivity index (χ0v) is 14.0. The molecule has 7 nitrogen and oxygen atoms in total. The summed E-state index contributed by atoms with van der Waals surface area (Å²) in [4.78, 5) is 14.3. The lowest BCUT2D eigenvalue weighted by Gasteiger charge is -2.35. The Kier molecular flexibility index (Phi) is 3.62. The number of amides is 1. The van der Waals surface area contributed by atoms with E-state index in [9.17, 15) is 4.79 Å². The second kappa shape index (κ2) is 5.98. The number of piperidine rings is 1. The number of aromatic nitrogens is 2. The van der Waals surface area contributed by atoms with Gasteiger partial charge in [-0.1, -0.05) is 0 Å². The molecule has 4 heterocycles. The molecule has 1 amide bonds. The van der Waals surface area contributed by atoms with Gasteiger partial charge in [-0.05, 0) is 37.3 Å². The smallest absolute Gasteiger partial charge is 0.289 e. The molecule has 5 rings (SSSR count). The standard InChI is InChI=1S/C18H21N3O4/c22-18(14-2-1-7-23-14)21-6-5-13-12(9-21)10-24-15(13)8-16-19-20-17(25-16)11-3-4-11/h1-2,7,11-13,15H,3-6,8-10H2/t12-,13-,15+/m1/s1. The Morgan fingerprint density at radius 1 is 1.28 bits per heavy atom. The molecule has 0 N–H and O–H groups in total. The van der Waals surface area contributed by atoms with Crippen LogP contribution in [0.5, 0.6) is 0 Å². The van der Waals surface area contributed by atoms with Gasteiger partial charge >= 0.3 is 0 Å². The third-order valence-corrected chi connectivity index (χ3v) is 5.60. The van der Waals surface area contributed by atoms with Crippen LogP contribution in [0.1, 0.15) is 47.5 Å². The van der Waals surface area contributed by atoms with E-state index in [0.29, 0.717) is 42.4 Å². The number of ether oxygens (including phenoxy) is 1. The Morgan fingerprint density at radius 3 is 3.00 bits per heavy atom. The lowest BCUT2D eigenvalue weighted by Crippen LogP contribution is -2.44. The summed E-state index contributed by atoms with van der Waals surface area (Å²) < 4.78 is 17.0. The van der Waals surface area contributed by atoms with E-state index in [0.717, 1.165) is 38.2 Å². The molecule has 3 fully saturated rings. The average Bonchev–Trinajstić information content (AvgIpc) is 3.05. The summed E-state index contributed by atoms with van der Waals surface area (Å²) in [5, 5.41) is 8.33. The zero-order chi connectivity index (χ0) is 16.8. The van der Waals surface area contributed by atoms with Crippen LogP contribution in [-0.4, -0.2) is 46.8 Å². The van der Waals surface area contributed by atoms with Gasteiger partial charge in [0.2, 0.25) is 11.8 Å². The van der Waals surface area contributed by atoms with Gasteiger partial charge in [0.05, 0.1) is 25.4 Å². The first-order chi connectivity index (χ1) is 12.3. The van der Waals surface area contributed by atoms with Crippen molar-refractivity contribution in [2.75, 3.05) is 19.7 Å². The third-order valence-electron chi connectivity index (χ3n) is 5.60. The SMILES string of the molecule is O=C(c1ccco1)N1CC[C@@H]2[C@@H](CO[C@H]2Cc2nnc(C3CC3)o2)C1. The quantitative estimate of drug-likeness (QED) is 0.847. The second-order valence-corrected chi connectivity index (χ2v) is 7.33. The van der Waals surface area contributed by atoms with E-state index >= 15 is 0 Å². The maximum absolute atomic E-state index is 12.5. The highest BCUT2D eigenvalue weighted by molar-refractivity contribution is 5.91. The topological polar surface area (TPSA) is 81.6 Å². The van der Waals surface area contributed by atoms with Crippen LogP contribution in [-0.2, 0) is 11.2 Å². The van der Waals surface area contributed by atoms with Gasteiger partial charge < -0.3 is 18.5 Å². The Hall–Kier alpha value is -2.15. The fourth-order valence-corrected chi connectivity index (χ4v) is 4.05. The minimum atomic E-state index is -0.0297. The molecule has 1 aliphatic carbocycles. The lowest BCUT2D eigenvalue weighted by atomic mass is 9.83. The van der Waals surface area contributed by atoms with Crippen molar-refractivity contribution in [3.63, 3.8) is 0 Å². The maximum atomic E-state index is 12.5. The van der Waals surface area contributed by atoms with Crippen molar-refractivity contribution in [1.82, 2.24) is 15.1 Å². The average molecular weight is 343 g/mol. The minimum Gasteiger partial charge on any atom is -0.459 e. The van der Waals surface area contributed by atoms with Gasteiger partial charge in [0.25, 0.3) is 5.91 Å². The summed E-state index contributed by atoms with van der Waals surface area (Å²) in [5.41, 5.74) is 0. The van der Waals surface area contributed by atoms with Crippen molar-refractivity contribution in [2.24, 2.45) is 11.8 Å². The molecule has 0 radical (unpaired) electrons. The molecule has 2 aromatic heterocycles. The minimum absolute atomic E-state index is 0.0297. The Labute approximate surface area is 145 Å². The maximum Gasteiger partial charge on any atom is 0.289 e. The van der Waals surface area contributed by atoms with E-state index in [1.165, 1.54) is 6.26 Å². The lowest BCUT2D eigenvalue weighted by molar-refractivity contribution is 0.0576.